The fraction of sp³-hybridized carbons (Fsp3) is 0.286. The molecule has 0 fully saturated rings. The third-order valence-electron chi connectivity index (χ3n) is 2.73. The molecular formula is C14H16N2O3. The Hall–Kier alpha value is -2.30. The lowest BCUT2D eigenvalue weighted by Gasteiger charge is -2.08. The Kier molecular flexibility index (Phi) is 4.18. The molecule has 0 aliphatic carbocycles. The van der Waals surface area contributed by atoms with Gasteiger partial charge in [-0.3, -0.25) is 4.79 Å². The fourth-order valence-electron chi connectivity index (χ4n) is 1.78. The molecule has 0 spiro atoms. The summed E-state index contributed by atoms with van der Waals surface area (Å²) in [6.07, 6.45) is 0.701. The number of methoxy groups -OCH3 is 1. The third kappa shape index (κ3) is 3.34. The fourth-order valence-corrected chi connectivity index (χ4v) is 1.78. The van der Waals surface area contributed by atoms with Crippen LogP contribution in [0.3, 0.4) is 0 Å². The maximum absolute atomic E-state index is 11.7. The molecule has 19 heavy (non-hydrogen) atoms. The van der Waals surface area contributed by atoms with Crippen LogP contribution in [0.4, 0.5) is 0 Å². The summed E-state index contributed by atoms with van der Waals surface area (Å²) in [5.41, 5.74) is 1.36. The van der Waals surface area contributed by atoms with E-state index >= 15 is 0 Å². The molecule has 0 aliphatic rings. The van der Waals surface area contributed by atoms with Crippen molar-refractivity contribution in [2.75, 3.05) is 13.7 Å². The number of hydrogen-bond donors (Lipinski definition) is 1. The molecule has 0 radical (unpaired) electrons. The Morgan fingerprint density at radius 2 is 2.21 bits per heavy atom. The number of nitrogens with zero attached hydrogens (tertiary/aromatic N) is 1. The summed E-state index contributed by atoms with van der Waals surface area (Å²) in [5, 5.41) is 6.46. The molecule has 1 N–H and O–H groups in total. The number of aromatic nitrogens is 1. The molecule has 1 amide bonds. The molecule has 100 valence electrons. The van der Waals surface area contributed by atoms with Gasteiger partial charge < -0.3 is 14.6 Å². The summed E-state index contributed by atoms with van der Waals surface area (Å²) >= 11 is 0. The number of nitrogens with one attached hydrogen (secondary N) is 1. The first kappa shape index (κ1) is 13.1. The van der Waals surface area contributed by atoms with Crippen molar-refractivity contribution in [2.24, 2.45) is 0 Å². The lowest BCUT2D eigenvalue weighted by molar-refractivity contribution is 0.0945. The van der Waals surface area contributed by atoms with Crippen molar-refractivity contribution in [1.82, 2.24) is 10.5 Å². The molecule has 1 aromatic heterocycles. The lowest BCUT2D eigenvalue weighted by Crippen LogP contribution is -2.26. The molecule has 0 unspecified atom stereocenters. The topological polar surface area (TPSA) is 64.4 Å². The smallest absolute Gasteiger partial charge is 0.273 e. The zero-order chi connectivity index (χ0) is 13.7. The molecule has 2 aromatic rings. The van der Waals surface area contributed by atoms with Crippen molar-refractivity contribution in [3.63, 3.8) is 0 Å². The number of rotatable bonds is 5. The molecule has 5 nitrogen and oxygen atoms in total. The van der Waals surface area contributed by atoms with Crippen molar-refractivity contribution >= 4 is 5.91 Å². The van der Waals surface area contributed by atoms with E-state index in [9.17, 15) is 4.79 Å². The van der Waals surface area contributed by atoms with Gasteiger partial charge in [-0.15, -0.1) is 0 Å². The van der Waals surface area contributed by atoms with E-state index in [2.05, 4.69) is 10.5 Å². The maximum atomic E-state index is 11.7. The van der Waals surface area contributed by atoms with Crippen LogP contribution >= 0.6 is 0 Å². The second-order valence-corrected chi connectivity index (χ2v) is 4.14. The number of carbonyl (C=O) groups excluding carboxylic acids is 1. The van der Waals surface area contributed by atoms with Crippen LogP contribution in [0.1, 0.15) is 21.8 Å². The highest BCUT2D eigenvalue weighted by Crippen LogP contribution is 2.17. The first-order valence-electron chi connectivity index (χ1n) is 6.04. The molecule has 0 aliphatic heterocycles. The highest BCUT2D eigenvalue weighted by Gasteiger charge is 2.10. The van der Waals surface area contributed by atoms with E-state index in [4.69, 9.17) is 9.26 Å². The Bertz CT molecular complexity index is 563. The second-order valence-electron chi connectivity index (χ2n) is 4.14. The van der Waals surface area contributed by atoms with E-state index in [1.807, 2.05) is 24.3 Å². The van der Waals surface area contributed by atoms with Gasteiger partial charge in [0.2, 0.25) is 0 Å². The summed E-state index contributed by atoms with van der Waals surface area (Å²) in [5.74, 6) is 1.22. The van der Waals surface area contributed by atoms with Gasteiger partial charge in [-0.1, -0.05) is 23.4 Å². The van der Waals surface area contributed by atoms with E-state index in [-0.39, 0.29) is 5.91 Å². The molecule has 0 saturated heterocycles. The van der Waals surface area contributed by atoms with Crippen molar-refractivity contribution in [2.45, 2.75) is 13.3 Å². The van der Waals surface area contributed by atoms with Crippen LogP contribution in [-0.4, -0.2) is 24.7 Å². The minimum absolute atomic E-state index is 0.230. The summed E-state index contributed by atoms with van der Waals surface area (Å²) in [4.78, 5) is 11.7. The van der Waals surface area contributed by atoms with Crippen LogP contribution in [0.25, 0.3) is 0 Å². The van der Waals surface area contributed by atoms with Crippen molar-refractivity contribution < 1.29 is 14.1 Å². The van der Waals surface area contributed by atoms with Gasteiger partial charge in [-0.2, -0.15) is 0 Å². The lowest BCUT2D eigenvalue weighted by atomic mass is 10.1. The van der Waals surface area contributed by atoms with Crippen molar-refractivity contribution in [1.29, 1.82) is 0 Å². The normalized spacial score (nSPS) is 10.2. The Labute approximate surface area is 111 Å². The second kappa shape index (κ2) is 6.04. The van der Waals surface area contributed by atoms with Crippen LogP contribution in [0, 0.1) is 6.92 Å². The van der Waals surface area contributed by atoms with Gasteiger partial charge in [0.1, 0.15) is 11.5 Å². The number of ether oxygens (including phenoxy) is 1. The predicted octanol–water partition coefficient (Wildman–Crippen LogP) is 1.96. The minimum Gasteiger partial charge on any atom is -0.496 e. The highest BCUT2D eigenvalue weighted by atomic mass is 16.5. The molecule has 0 atom stereocenters. The van der Waals surface area contributed by atoms with Gasteiger partial charge in [0.05, 0.1) is 7.11 Å². The summed E-state index contributed by atoms with van der Waals surface area (Å²) in [6.45, 7) is 2.27. The monoisotopic (exact) mass is 260 g/mol. The van der Waals surface area contributed by atoms with Crippen LogP contribution in [-0.2, 0) is 6.42 Å². The Balaban J connectivity index is 1.88. The first-order valence-corrected chi connectivity index (χ1v) is 6.04. The molecule has 2 rings (SSSR count). The zero-order valence-electron chi connectivity index (χ0n) is 11.0. The average molecular weight is 260 g/mol. The van der Waals surface area contributed by atoms with E-state index in [0.717, 1.165) is 11.3 Å². The first-order chi connectivity index (χ1) is 9.20. The minimum atomic E-state index is -0.230. The van der Waals surface area contributed by atoms with Crippen LogP contribution in [0.15, 0.2) is 34.9 Å². The number of hydrogen-bond acceptors (Lipinski definition) is 4. The van der Waals surface area contributed by atoms with E-state index in [0.29, 0.717) is 24.4 Å². The predicted molar refractivity (Wildman–Crippen MR) is 70.3 cm³/mol. The van der Waals surface area contributed by atoms with Gasteiger partial charge in [-0.05, 0) is 25.0 Å². The largest absolute Gasteiger partial charge is 0.496 e. The molecule has 1 aromatic carbocycles. The number of aryl methyl sites for hydroxylation is 1. The number of para-hydroxylation sites is 1. The van der Waals surface area contributed by atoms with Gasteiger partial charge in [0, 0.05) is 12.6 Å². The number of amides is 1. The maximum Gasteiger partial charge on any atom is 0.273 e. The number of carbonyl (C=O) groups is 1. The van der Waals surface area contributed by atoms with Crippen LogP contribution in [0.5, 0.6) is 5.75 Å². The Morgan fingerprint density at radius 3 is 2.89 bits per heavy atom. The standard InChI is InChI=1S/C14H16N2O3/c1-10-9-12(16-19-10)14(17)15-8-7-11-5-3-4-6-13(11)18-2/h3-6,9H,7-8H2,1-2H3,(H,15,17). The molecular weight excluding hydrogens is 244 g/mol. The molecule has 0 bridgehead atoms. The van der Waals surface area contributed by atoms with E-state index < -0.39 is 0 Å². The highest BCUT2D eigenvalue weighted by molar-refractivity contribution is 5.92. The SMILES string of the molecule is COc1ccccc1CCNC(=O)c1cc(C)on1. The summed E-state index contributed by atoms with van der Waals surface area (Å²) in [7, 11) is 1.63. The average Bonchev–Trinajstić information content (AvgIpc) is 2.86. The zero-order valence-corrected chi connectivity index (χ0v) is 11.0. The summed E-state index contributed by atoms with van der Waals surface area (Å²) < 4.78 is 10.1. The molecule has 5 heteroatoms. The van der Waals surface area contributed by atoms with Crippen LogP contribution in [0.2, 0.25) is 0 Å². The van der Waals surface area contributed by atoms with E-state index in [1.54, 1.807) is 20.1 Å². The number of benzene rings is 1. The van der Waals surface area contributed by atoms with Gasteiger partial charge in [0.15, 0.2) is 5.69 Å². The molecule has 1 heterocycles. The Morgan fingerprint density at radius 1 is 1.42 bits per heavy atom. The molecule has 0 saturated carbocycles. The van der Waals surface area contributed by atoms with Gasteiger partial charge in [-0.25, -0.2) is 0 Å². The quantitative estimate of drug-likeness (QED) is 0.892. The van der Waals surface area contributed by atoms with Gasteiger partial charge in [0.25, 0.3) is 5.91 Å². The van der Waals surface area contributed by atoms with E-state index in [1.165, 1.54) is 0 Å². The van der Waals surface area contributed by atoms with Crippen LogP contribution < -0.4 is 10.1 Å². The summed E-state index contributed by atoms with van der Waals surface area (Å²) in [6, 6.07) is 9.35. The van der Waals surface area contributed by atoms with Crippen molar-refractivity contribution in [3.8, 4) is 5.75 Å². The van der Waals surface area contributed by atoms with Gasteiger partial charge >= 0.3 is 0 Å². The van der Waals surface area contributed by atoms with Crippen molar-refractivity contribution in [3.05, 3.63) is 47.3 Å². The third-order valence-corrected chi connectivity index (χ3v) is 2.73.